The molecule has 0 bridgehead atoms. The van der Waals surface area contributed by atoms with Crippen molar-refractivity contribution in [2.75, 3.05) is 29.1 Å². The molecule has 0 radical (unpaired) electrons. The lowest BCUT2D eigenvalue weighted by atomic mass is 10.2. The van der Waals surface area contributed by atoms with Gasteiger partial charge in [0.1, 0.15) is 0 Å². The molecule has 0 aromatic heterocycles. The number of rotatable bonds is 6. The van der Waals surface area contributed by atoms with Crippen molar-refractivity contribution in [3.8, 4) is 0 Å². The Morgan fingerprint density at radius 1 is 1.08 bits per heavy atom. The van der Waals surface area contributed by atoms with Gasteiger partial charge in [0.05, 0.1) is 5.75 Å². The van der Waals surface area contributed by atoms with Gasteiger partial charge in [-0.05, 0) is 54.8 Å². The van der Waals surface area contributed by atoms with Crippen LogP contribution in [0.1, 0.15) is 18.4 Å². The van der Waals surface area contributed by atoms with Crippen molar-refractivity contribution in [1.29, 1.82) is 0 Å². The summed E-state index contributed by atoms with van der Waals surface area (Å²) >= 11 is 13.6. The van der Waals surface area contributed by atoms with Gasteiger partial charge in [0.2, 0.25) is 5.91 Å². The van der Waals surface area contributed by atoms with Crippen LogP contribution < -0.4 is 10.2 Å². The van der Waals surface area contributed by atoms with Gasteiger partial charge >= 0.3 is 0 Å². The van der Waals surface area contributed by atoms with Crippen LogP contribution >= 0.6 is 35.0 Å². The fourth-order valence-corrected chi connectivity index (χ4v) is 4.21. The van der Waals surface area contributed by atoms with Crippen LogP contribution in [-0.4, -0.2) is 24.7 Å². The summed E-state index contributed by atoms with van der Waals surface area (Å²) in [5.41, 5.74) is 3.04. The maximum absolute atomic E-state index is 12.1. The lowest BCUT2D eigenvalue weighted by molar-refractivity contribution is -0.113. The summed E-state index contributed by atoms with van der Waals surface area (Å²) < 4.78 is 0. The number of carbonyl (C=O) groups is 1. The number of hydrogen-bond acceptors (Lipinski definition) is 3. The van der Waals surface area contributed by atoms with Gasteiger partial charge in [-0.2, -0.15) is 0 Å². The first-order chi connectivity index (χ1) is 12.1. The van der Waals surface area contributed by atoms with Crippen molar-refractivity contribution in [1.82, 2.24) is 0 Å². The molecule has 2 aromatic rings. The van der Waals surface area contributed by atoms with Crippen LogP contribution in [0.3, 0.4) is 0 Å². The second kappa shape index (κ2) is 8.84. The molecule has 0 unspecified atom stereocenters. The van der Waals surface area contributed by atoms with Gasteiger partial charge in [0.15, 0.2) is 0 Å². The molecule has 25 heavy (non-hydrogen) atoms. The van der Waals surface area contributed by atoms with Crippen molar-refractivity contribution in [3.63, 3.8) is 0 Å². The van der Waals surface area contributed by atoms with Crippen molar-refractivity contribution < 1.29 is 4.79 Å². The number of carbonyl (C=O) groups excluding carboxylic acids is 1. The molecule has 0 aliphatic carbocycles. The summed E-state index contributed by atoms with van der Waals surface area (Å²) in [5.74, 6) is 1.05. The molecule has 1 fully saturated rings. The third kappa shape index (κ3) is 5.30. The second-order valence-electron chi connectivity index (χ2n) is 6.02. The molecule has 1 heterocycles. The zero-order valence-corrected chi connectivity index (χ0v) is 16.1. The Bertz CT molecular complexity index is 731. The Kier molecular flexibility index (Phi) is 6.51. The van der Waals surface area contributed by atoms with E-state index in [0.29, 0.717) is 21.6 Å². The summed E-state index contributed by atoms with van der Waals surface area (Å²) in [7, 11) is 0. The average molecular weight is 395 g/mol. The molecule has 6 heteroatoms. The molecule has 3 rings (SSSR count). The monoisotopic (exact) mass is 394 g/mol. The molecule has 1 aliphatic rings. The van der Waals surface area contributed by atoms with E-state index >= 15 is 0 Å². The SMILES string of the molecule is O=C(CSCc1ccc(Cl)cc1Cl)Nc1ccc(N2CCCC2)cc1. The molecule has 3 nitrogen and oxygen atoms in total. The maximum atomic E-state index is 12.1. The standard InChI is InChI=1S/C19H20Cl2N2OS/c20-15-4-3-14(18(21)11-15)12-25-13-19(24)22-16-5-7-17(8-6-16)23-9-1-2-10-23/h3-8,11H,1-2,9-10,12-13H2,(H,22,24). The number of hydrogen-bond donors (Lipinski definition) is 1. The highest BCUT2D eigenvalue weighted by atomic mass is 35.5. The first-order valence-electron chi connectivity index (χ1n) is 8.28. The molecule has 1 saturated heterocycles. The largest absolute Gasteiger partial charge is 0.372 e. The third-order valence-electron chi connectivity index (χ3n) is 4.13. The lowest BCUT2D eigenvalue weighted by Gasteiger charge is -2.17. The van der Waals surface area contributed by atoms with Crippen molar-refractivity contribution >= 4 is 52.2 Å². The van der Waals surface area contributed by atoms with Crippen LogP contribution in [-0.2, 0) is 10.5 Å². The summed E-state index contributed by atoms with van der Waals surface area (Å²) in [5, 5.41) is 4.19. The Morgan fingerprint density at radius 2 is 1.80 bits per heavy atom. The van der Waals surface area contributed by atoms with Crippen LogP contribution in [0, 0.1) is 0 Å². The second-order valence-corrected chi connectivity index (χ2v) is 7.85. The van der Waals surface area contributed by atoms with Crippen molar-refractivity contribution in [2.45, 2.75) is 18.6 Å². The Labute approximate surface area is 162 Å². The van der Waals surface area contributed by atoms with E-state index in [1.807, 2.05) is 24.3 Å². The van der Waals surface area contributed by atoms with Crippen molar-refractivity contribution in [2.24, 2.45) is 0 Å². The van der Waals surface area contributed by atoms with Gasteiger partial charge in [0, 0.05) is 40.3 Å². The number of nitrogens with one attached hydrogen (secondary N) is 1. The lowest BCUT2D eigenvalue weighted by Crippen LogP contribution is -2.18. The molecule has 1 amide bonds. The summed E-state index contributed by atoms with van der Waals surface area (Å²) in [6.45, 7) is 2.24. The predicted molar refractivity (Wildman–Crippen MR) is 109 cm³/mol. The van der Waals surface area contributed by atoms with Crippen molar-refractivity contribution in [3.05, 3.63) is 58.1 Å². The van der Waals surface area contributed by atoms with Crippen LogP contribution in [0.5, 0.6) is 0 Å². The molecule has 0 saturated carbocycles. The quantitative estimate of drug-likeness (QED) is 0.704. The normalized spacial score (nSPS) is 13.9. The number of thioether (sulfide) groups is 1. The molecule has 0 atom stereocenters. The maximum Gasteiger partial charge on any atom is 0.234 e. The van der Waals surface area contributed by atoms with E-state index in [1.165, 1.54) is 30.3 Å². The van der Waals surface area contributed by atoms with Gasteiger partial charge in [0.25, 0.3) is 0 Å². The van der Waals surface area contributed by atoms with Crippen LogP contribution in [0.4, 0.5) is 11.4 Å². The van der Waals surface area contributed by atoms with Crippen LogP contribution in [0.15, 0.2) is 42.5 Å². The molecular weight excluding hydrogens is 375 g/mol. The van der Waals surface area contributed by atoms with Gasteiger partial charge < -0.3 is 10.2 Å². The number of nitrogens with zero attached hydrogens (tertiary/aromatic N) is 1. The summed E-state index contributed by atoms with van der Waals surface area (Å²) in [6.07, 6.45) is 2.51. The van der Waals surface area contributed by atoms with Gasteiger partial charge in [-0.3, -0.25) is 4.79 Å². The Balaban J connectivity index is 1.45. The number of anilines is 2. The van der Waals surface area contributed by atoms with Gasteiger partial charge in [-0.15, -0.1) is 11.8 Å². The fraction of sp³-hybridized carbons (Fsp3) is 0.316. The first-order valence-corrected chi connectivity index (χ1v) is 10.2. The van der Waals surface area contributed by atoms with E-state index in [4.69, 9.17) is 23.2 Å². The van der Waals surface area contributed by atoms with Gasteiger partial charge in [-0.1, -0.05) is 29.3 Å². The number of amides is 1. The molecular formula is C19H20Cl2N2OS. The highest BCUT2D eigenvalue weighted by Crippen LogP contribution is 2.25. The van der Waals surface area contributed by atoms with E-state index < -0.39 is 0 Å². The van der Waals surface area contributed by atoms with Crippen LogP contribution in [0.25, 0.3) is 0 Å². The Hall–Kier alpha value is -1.36. The molecule has 0 spiro atoms. The third-order valence-corrected chi connectivity index (χ3v) is 5.70. The molecule has 2 aromatic carbocycles. The van der Waals surface area contributed by atoms with E-state index in [9.17, 15) is 4.79 Å². The Morgan fingerprint density at radius 3 is 2.48 bits per heavy atom. The minimum atomic E-state index is -0.0102. The highest BCUT2D eigenvalue weighted by Gasteiger charge is 2.12. The smallest absolute Gasteiger partial charge is 0.234 e. The zero-order valence-electron chi connectivity index (χ0n) is 13.8. The summed E-state index contributed by atoms with van der Waals surface area (Å²) in [4.78, 5) is 14.5. The van der Waals surface area contributed by atoms with E-state index in [1.54, 1.807) is 6.07 Å². The van der Waals surface area contributed by atoms with E-state index in [-0.39, 0.29) is 5.91 Å². The topological polar surface area (TPSA) is 32.3 Å². The predicted octanol–water partition coefficient (Wildman–Crippen LogP) is 5.47. The van der Waals surface area contributed by atoms with E-state index in [2.05, 4.69) is 22.3 Å². The van der Waals surface area contributed by atoms with E-state index in [0.717, 1.165) is 24.3 Å². The molecule has 1 aliphatic heterocycles. The minimum absolute atomic E-state index is 0.0102. The minimum Gasteiger partial charge on any atom is -0.372 e. The number of halogens is 2. The first kappa shape index (κ1) is 18.4. The molecule has 1 N–H and O–H groups in total. The average Bonchev–Trinajstić information content (AvgIpc) is 3.12. The zero-order chi connectivity index (χ0) is 17.6. The molecule has 132 valence electrons. The van der Waals surface area contributed by atoms with Crippen LogP contribution in [0.2, 0.25) is 10.0 Å². The highest BCUT2D eigenvalue weighted by molar-refractivity contribution is 7.99. The van der Waals surface area contributed by atoms with Gasteiger partial charge in [-0.25, -0.2) is 0 Å². The number of benzene rings is 2. The fourth-order valence-electron chi connectivity index (χ4n) is 2.82. The summed E-state index contributed by atoms with van der Waals surface area (Å²) in [6, 6.07) is 13.5.